The van der Waals surface area contributed by atoms with E-state index < -0.39 is 30.0 Å². The highest BCUT2D eigenvalue weighted by Gasteiger charge is 2.45. The van der Waals surface area contributed by atoms with Crippen LogP contribution in [0.25, 0.3) is 0 Å². The lowest BCUT2D eigenvalue weighted by atomic mass is 9.83. The first-order valence-corrected chi connectivity index (χ1v) is 7.10. The van der Waals surface area contributed by atoms with Crippen LogP contribution in [0, 0.1) is 11.7 Å². The summed E-state index contributed by atoms with van der Waals surface area (Å²) >= 11 is 0. The number of phenols is 1. The molecule has 0 spiro atoms. The Balaban J connectivity index is 2.11. The first-order chi connectivity index (χ1) is 9.79. The SMILES string of the molecule is CC(NC1CCCCC1C(F)(F)F)c1ccc(O)cc1F. The molecular weight excluding hydrogens is 286 g/mol. The van der Waals surface area contributed by atoms with Crippen LogP contribution in [0.5, 0.6) is 5.75 Å². The van der Waals surface area contributed by atoms with Crippen molar-refractivity contribution in [3.8, 4) is 5.75 Å². The van der Waals surface area contributed by atoms with Crippen LogP contribution in [0.3, 0.4) is 0 Å². The molecule has 1 fully saturated rings. The van der Waals surface area contributed by atoms with E-state index in [1.54, 1.807) is 6.92 Å². The van der Waals surface area contributed by atoms with Crippen LogP contribution < -0.4 is 5.32 Å². The minimum Gasteiger partial charge on any atom is -0.508 e. The Morgan fingerprint density at radius 2 is 1.90 bits per heavy atom. The van der Waals surface area contributed by atoms with Crippen LogP contribution >= 0.6 is 0 Å². The van der Waals surface area contributed by atoms with E-state index in [0.29, 0.717) is 12.8 Å². The molecule has 21 heavy (non-hydrogen) atoms. The maximum Gasteiger partial charge on any atom is 0.393 e. The molecular formula is C15H19F4NO. The number of halogens is 4. The molecule has 6 heteroatoms. The van der Waals surface area contributed by atoms with Gasteiger partial charge in [-0.1, -0.05) is 18.9 Å². The Kier molecular flexibility index (Phi) is 4.76. The fourth-order valence-electron chi connectivity index (χ4n) is 3.00. The summed E-state index contributed by atoms with van der Waals surface area (Å²) in [5.41, 5.74) is 0.263. The Bertz CT molecular complexity index is 489. The van der Waals surface area contributed by atoms with Gasteiger partial charge in [-0.3, -0.25) is 0 Å². The van der Waals surface area contributed by atoms with Gasteiger partial charge in [0.15, 0.2) is 0 Å². The number of hydrogen-bond acceptors (Lipinski definition) is 2. The lowest BCUT2D eigenvalue weighted by Gasteiger charge is -2.35. The smallest absolute Gasteiger partial charge is 0.393 e. The predicted octanol–water partition coefficient (Wildman–Crippen LogP) is 4.30. The molecule has 2 N–H and O–H groups in total. The second-order valence-electron chi connectivity index (χ2n) is 5.63. The number of hydrogen-bond donors (Lipinski definition) is 2. The molecule has 0 heterocycles. The van der Waals surface area contributed by atoms with Crippen molar-refractivity contribution in [1.82, 2.24) is 5.32 Å². The van der Waals surface area contributed by atoms with Crippen LogP contribution in [0.4, 0.5) is 17.6 Å². The van der Waals surface area contributed by atoms with Crippen LogP contribution in [-0.2, 0) is 0 Å². The summed E-state index contributed by atoms with van der Waals surface area (Å²) in [4.78, 5) is 0. The maximum absolute atomic E-state index is 13.8. The van der Waals surface area contributed by atoms with E-state index in [-0.39, 0.29) is 17.7 Å². The predicted molar refractivity (Wildman–Crippen MR) is 71.4 cm³/mol. The van der Waals surface area contributed by atoms with E-state index in [4.69, 9.17) is 0 Å². The first kappa shape index (κ1) is 16.1. The van der Waals surface area contributed by atoms with Gasteiger partial charge in [0.2, 0.25) is 0 Å². The molecule has 2 nitrogen and oxygen atoms in total. The van der Waals surface area contributed by atoms with Crippen LogP contribution in [0.15, 0.2) is 18.2 Å². The molecule has 2 rings (SSSR count). The van der Waals surface area contributed by atoms with Gasteiger partial charge in [0, 0.05) is 23.7 Å². The van der Waals surface area contributed by atoms with Gasteiger partial charge in [-0.15, -0.1) is 0 Å². The number of phenolic OH excluding ortho intramolecular Hbond substituents is 1. The summed E-state index contributed by atoms with van der Waals surface area (Å²) in [5.74, 6) is -2.20. The van der Waals surface area contributed by atoms with Gasteiger partial charge in [0.1, 0.15) is 11.6 Å². The van der Waals surface area contributed by atoms with Crippen LogP contribution in [-0.4, -0.2) is 17.3 Å². The summed E-state index contributed by atoms with van der Waals surface area (Å²) in [7, 11) is 0. The molecule has 0 amide bonds. The lowest BCUT2D eigenvalue weighted by molar-refractivity contribution is -0.189. The van der Waals surface area contributed by atoms with Gasteiger partial charge in [-0.25, -0.2) is 4.39 Å². The maximum atomic E-state index is 13.8. The molecule has 0 aliphatic heterocycles. The van der Waals surface area contributed by atoms with Crippen LogP contribution in [0.1, 0.15) is 44.2 Å². The first-order valence-electron chi connectivity index (χ1n) is 7.10. The number of rotatable bonds is 3. The third-order valence-electron chi connectivity index (χ3n) is 4.10. The van der Waals surface area contributed by atoms with Gasteiger partial charge >= 0.3 is 6.18 Å². The number of aromatic hydroxyl groups is 1. The quantitative estimate of drug-likeness (QED) is 0.816. The molecule has 3 unspecified atom stereocenters. The third-order valence-corrected chi connectivity index (χ3v) is 4.10. The van der Waals surface area contributed by atoms with Gasteiger partial charge in [-0.2, -0.15) is 13.2 Å². The van der Waals surface area contributed by atoms with Crippen molar-refractivity contribution in [2.45, 2.75) is 50.9 Å². The monoisotopic (exact) mass is 305 g/mol. The zero-order chi connectivity index (χ0) is 15.6. The average Bonchev–Trinajstić information content (AvgIpc) is 2.37. The van der Waals surface area contributed by atoms with Crippen molar-refractivity contribution in [1.29, 1.82) is 0 Å². The fourth-order valence-corrected chi connectivity index (χ4v) is 3.00. The lowest BCUT2D eigenvalue weighted by Crippen LogP contribution is -2.46. The van der Waals surface area contributed by atoms with Crippen LogP contribution in [0.2, 0.25) is 0 Å². The van der Waals surface area contributed by atoms with E-state index in [9.17, 15) is 22.7 Å². The van der Waals surface area contributed by atoms with Crippen molar-refractivity contribution in [3.05, 3.63) is 29.6 Å². The third kappa shape index (κ3) is 3.87. The Hall–Kier alpha value is -1.30. The van der Waals surface area contributed by atoms with E-state index in [2.05, 4.69) is 5.32 Å². The van der Waals surface area contributed by atoms with Gasteiger partial charge < -0.3 is 10.4 Å². The molecule has 1 aromatic rings. The number of alkyl halides is 3. The van der Waals surface area contributed by atoms with Crippen molar-refractivity contribution in [2.24, 2.45) is 5.92 Å². The zero-order valence-corrected chi connectivity index (χ0v) is 11.8. The highest BCUT2D eigenvalue weighted by atomic mass is 19.4. The molecule has 0 saturated heterocycles. The molecule has 118 valence electrons. The molecule has 1 aliphatic carbocycles. The normalized spacial score (nSPS) is 24.8. The molecule has 0 aromatic heterocycles. The molecule has 1 aromatic carbocycles. The molecule has 0 bridgehead atoms. The van der Waals surface area contributed by atoms with E-state index in [1.165, 1.54) is 12.1 Å². The van der Waals surface area contributed by atoms with E-state index in [0.717, 1.165) is 12.5 Å². The van der Waals surface area contributed by atoms with E-state index in [1.807, 2.05) is 0 Å². The Morgan fingerprint density at radius 3 is 2.52 bits per heavy atom. The summed E-state index contributed by atoms with van der Waals surface area (Å²) in [6.45, 7) is 1.64. The Morgan fingerprint density at radius 1 is 1.24 bits per heavy atom. The van der Waals surface area contributed by atoms with Crippen molar-refractivity contribution in [3.63, 3.8) is 0 Å². The summed E-state index contributed by atoms with van der Waals surface area (Å²) in [5, 5.41) is 12.1. The van der Waals surface area contributed by atoms with Gasteiger partial charge in [0.05, 0.1) is 5.92 Å². The minimum absolute atomic E-state index is 0.117. The van der Waals surface area contributed by atoms with E-state index >= 15 is 0 Å². The summed E-state index contributed by atoms with van der Waals surface area (Å²) in [6, 6.07) is 2.46. The van der Waals surface area contributed by atoms with Crippen molar-refractivity contribution in [2.75, 3.05) is 0 Å². The summed E-state index contributed by atoms with van der Waals surface area (Å²) in [6.07, 6.45) is -2.36. The van der Waals surface area contributed by atoms with Crippen molar-refractivity contribution < 1.29 is 22.7 Å². The number of nitrogens with one attached hydrogen (secondary N) is 1. The largest absolute Gasteiger partial charge is 0.508 e. The average molecular weight is 305 g/mol. The fraction of sp³-hybridized carbons (Fsp3) is 0.600. The molecule has 1 aliphatic rings. The standard InChI is InChI=1S/C15H19F4NO/c1-9(11-7-6-10(21)8-13(11)16)20-14-5-3-2-4-12(14)15(17,18)19/h6-9,12,14,20-21H,2-5H2,1H3. The number of benzene rings is 1. The second kappa shape index (κ2) is 6.22. The highest BCUT2D eigenvalue weighted by molar-refractivity contribution is 5.29. The highest BCUT2D eigenvalue weighted by Crippen LogP contribution is 2.38. The molecule has 0 radical (unpaired) electrons. The second-order valence-corrected chi connectivity index (χ2v) is 5.63. The summed E-state index contributed by atoms with van der Waals surface area (Å²) < 4.78 is 52.9. The van der Waals surface area contributed by atoms with Crippen molar-refractivity contribution >= 4 is 0 Å². The zero-order valence-electron chi connectivity index (χ0n) is 11.8. The molecule has 3 atom stereocenters. The molecule has 1 saturated carbocycles. The van der Waals surface area contributed by atoms with Gasteiger partial charge in [0.25, 0.3) is 0 Å². The van der Waals surface area contributed by atoms with Gasteiger partial charge in [-0.05, 0) is 25.8 Å². The minimum atomic E-state index is -4.23. The Labute approximate surface area is 121 Å². The topological polar surface area (TPSA) is 32.3 Å².